The predicted molar refractivity (Wildman–Crippen MR) is 53.2 cm³/mol. The van der Waals surface area contributed by atoms with Crippen molar-refractivity contribution in [3.8, 4) is 6.07 Å². The summed E-state index contributed by atoms with van der Waals surface area (Å²) in [7, 11) is 0. The third-order valence-electron chi connectivity index (χ3n) is 2.18. The molecule has 0 aliphatic carbocycles. The van der Waals surface area contributed by atoms with Crippen LogP contribution in [0.5, 0.6) is 0 Å². The average Bonchev–Trinajstić information content (AvgIpc) is 2.21. The van der Waals surface area contributed by atoms with E-state index in [0.717, 1.165) is 12.0 Å². The molecule has 1 aromatic carbocycles. The van der Waals surface area contributed by atoms with Crippen molar-refractivity contribution < 1.29 is 0 Å². The molecule has 2 nitrogen and oxygen atoms in total. The van der Waals surface area contributed by atoms with Crippen LogP contribution in [0.3, 0.4) is 0 Å². The van der Waals surface area contributed by atoms with Gasteiger partial charge in [0, 0.05) is 6.54 Å². The van der Waals surface area contributed by atoms with Crippen LogP contribution in [-0.4, -0.2) is 6.54 Å². The maximum absolute atomic E-state index is 8.78. The number of rotatable bonds is 3. The summed E-state index contributed by atoms with van der Waals surface area (Å²) in [6, 6.07) is 10.3. The summed E-state index contributed by atoms with van der Waals surface area (Å²) < 4.78 is 0. The fraction of sp³-hybridized carbons (Fsp3) is 0.364. The Morgan fingerprint density at radius 1 is 1.38 bits per heavy atom. The standard InChI is InChI=1S/C11H14N2/c1-2-9-3-5-10(6-4-9)11(7-12)8-13/h3-6,11H,2,7,12H2,1H3. The van der Waals surface area contributed by atoms with Gasteiger partial charge in [-0.3, -0.25) is 0 Å². The van der Waals surface area contributed by atoms with Gasteiger partial charge in [0.25, 0.3) is 0 Å². The lowest BCUT2D eigenvalue weighted by atomic mass is 9.99. The van der Waals surface area contributed by atoms with Gasteiger partial charge in [-0.2, -0.15) is 5.26 Å². The van der Waals surface area contributed by atoms with Gasteiger partial charge in [-0.25, -0.2) is 0 Å². The maximum Gasteiger partial charge on any atom is 0.0834 e. The molecule has 0 saturated heterocycles. The Labute approximate surface area is 79.0 Å². The van der Waals surface area contributed by atoms with Gasteiger partial charge in [0.05, 0.1) is 12.0 Å². The number of benzene rings is 1. The van der Waals surface area contributed by atoms with E-state index in [1.54, 1.807) is 0 Å². The second-order valence-corrected chi connectivity index (χ2v) is 3.01. The average molecular weight is 174 g/mol. The molecule has 2 N–H and O–H groups in total. The molecule has 0 fully saturated rings. The van der Waals surface area contributed by atoms with Crippen LogP contribution in [0.25, 0.3) is 0 Å². The zero-order chi connectivity index (χ0) is 9.68. The molecule has 1 rings (SSSR count). The van der Waals surface area contributed by atoms with Gasteiger partial charge in [-0.15, -0.1) is 0 Å². The molecule has 0 spiro atoms. The van der Waals surface area contributed by atoms with Crippen LogP contribution >= 0.6 is 0 Å². The minimum absolute atomic E-state index is 0.161. The lowest BCUT2D eigenvalue weighted by molar-refractivity contribution is 0.861. The molecule has 1 atom stereocenters. The summed E-state index contributed by atoms with van der Waals surface area (Å²) in [5, 5.41) is 8.78. The second-order valence-electron chi connectivity index (χ2n) is 3.01. The molecule has 68 valence electrons. The molecule has 2 heteroatoms. The summed E-state index contributed by atoms with van der Waals surface area (Å²) in [6.45, 7) is 2.50. The van der Waals surface area contributed by atoms with Crippen molar-refractivity contribution in [3.63, 3.8) is 0 Å². The van der Waals surface area contributed by atoms with Gasteiger partial charge in [0.2, 0.25) is 0 Å². The lowest BCUT2D eigenvalue weighted by Crippen LogP contribution is -2.10. The smallest absolute Gasteiger partial charge is 0.0834 e. The second kappa shape index (κ2) is 4.64. The third kappa shape index (κ3) is 2.30. The zero-order valence-electron chi connectivity index (χ0n) is 7.83. The molecular formula is C11H14N2. The fourth-order valence-electron chi connectivity index (χ4n) is 1.25. The van der Waals surface area contributed by atoms with Gasteiger partial charge in [-0.1, -0.05) is 31.2 Å². The number of hydrogen-bond donors (Lipinski definition) is 1. The van der Waals surface area contributed by atoms with E-state index in [9.17, 15) is 0 Å². The van der Waals surface area contributed by atoms with Gasteiger partial charge in [-0.05, 0) is 17.5 Å². The highest BCUT2D eigenvalue weighted by molar-refractivity contribution is 5.29. The number of hydrogen-bond acceptors (Lipinski definition) is 2. The Kier molecular flexibility index (Phi) is 3.48. The molecule has 0 bridgehead atoms. The van der Waals surface area contributed by atoms with E-state index in [4.69, 9.17) is 11.0 Å². The highest BCUT2D eigenvalue weighted by atomic mass is 14.5. The molecule has 0 heterocycles. The van der Waals surface area contributed by atoms with Crippen molar-refractivity contribution in [1.82, 2.24) is 0 Å². The first-order valence-corrected chi connectivity index (χ1v) is 4.50. The van der Waals surface area contributed by atoms with Crippen LogP contribution in [0.2, 0.25) is 0 Å². The molecule has 13 heavy (non-hydrogen) atoms. The van der Waals surface area contributed by atoms with E-state index in [1.165, 1.54) is 5.56 Å². The normalized spacial score (nSPS) is 12.1. The van der Waals surface area contributed by atoms with Crippen LogP contribution < -0.4 is 5.73 Å². The Morgan fingerprint density at radius 2 is 2.00 bits per heavy atom. The molecule has 1 aromatic rings. The van der Waals surface area contributed by atoms with Gasteiger partial charge < -0.3 is 5.73 Å². The van der Waals surface area contributed by atoms with Gasteiger partial charge in [0.15, 0.2) is 0 Å². The third-order valence-corrected chi connectivity index (χ3v) is 2.18. The number of nitrogens with two attached hydrogens (primary N) is 1. The van der Waals surface area contributed by atoms with Crippen LogP contribution in [0, 0.1) is 11.3 Å². The van der Waals surface area contributed by atoms with Crippen molar-refractivity contribution in [3.05, 3.63) is 35.4 Å². The summed E-state index contributed by atoms with van der Waals surface area (Å²) in [5.74, 6) is -0.161. The van der Waals surface area contributed by atoms with Gasteiger partial charge >= 0.3 is 0 Å². The monoisotopic (exact) mass is 174 g/mol. The molecule has 0 amide bonds. The van der Waals surface area contributed by atoms with Crippen molar-refractivity contribution in [2.45, 2.75) is 19.3 Å². The summed E-state index contributed by atoms with van der Waals surface area (Å²) in [4.78, 5) is 0. The van der Waals surface area contributed by atoms with E-state index in [-0.39, 0.29) is 5.92 Å². The number of nitrogens with zero attached hydrogens (tertiary/aromatic N) is 1. The Morgan fingerprint density at radius 3 is 2.38 bits per heavy atom. The molecule has 0 aliphatic heterocycles. The topological polar surface area (TPSA) is 49.8 Å². The Bertz CT molecular complexity index is 295. The first kappa shape index (κ1) is 9.76. The largest absolute Gasteiger partial charge is 0.329 e. The molecule has 0 radical (unpaired) electrons. The summed E-state index contributed by atoms with van der Waals surface area (Å²) in [5.41, 5.74) is 7.77. The Balaban J connectivity index is 2.86. The van der Waals surface area contributed by atoms with Crippen molar-refractivity contribution in [2.24, 2.45) is 5.73 Å². The molecule has 1 unspecified atom stereocenters. The van der Waals surface area contributed by atoms with Crippen LogP contribution in [0.15, 0.2) is 24.3 Å². The maximum atomic E-state index is 8.78. The minimum Gasteiger partial charge on any atom is -0.329 e. The zero-order valence-corrected chi connectivity index (χ0v) is 7.83. The number of aryl methyl sites for hydroxylation is 1. The molecule has 0 saturated carbocycles. The first-order chi connectivity index (χ1) is 6.31. The van der Waals surface area contributed by atoms with E-state index in [2.05, 4.69) is 25.1 Å². The van der Waals surface area contributed by atoms with E-state index < -0.39 is 0 Å². The molecular weight excluding hydrogens is 160 g/mol. The van der Waals surface area contributed by atoms with E-state index in [0.29, 0.717) is 6.54 Å². The van der Waals surface area contributed by atoms with E-state index in [1.807, 2.05) is 12.1 Å². The van der Waals surface area contributed by atoms with Gasteiger partial charge in [0.1, 0.15) is 0 Å². The highest BCUT2D eigenvalue weighted by Crippen LogP contribution is 2.14. The van der Waals surface area contributed by atoms with Crippen molar-refractivity contribution in [1.29, 1.82) is 5.26 Å². The SMILES string of the molecule is CCc1ccc(C(C#N)CN)cc1. The molecule has 0 aliphatic rings. The molecule has 0 aromatic heterocycles. The van der Waals surface area contributed by atoms with Crippen molar-refractivity contribution >= 4 is 0 Å². The van der Waals surface area contributed by atoms with Crippen molar-refractivity contribution in [2.75, 3.05) is 6.54 Å². The van der Waals surface area contributed by atoms with Crippen LogP contribution in [-0.2, 0) is 6.42 Å². The predicted octanol–water partition coefficient (Wildman–Crippen LogP) is 1.81. The fourth-order valence-corrected chi connectivity index (χ4v) is 1.25. The van der Waals surface area contributed by atoms with E-state index >= 15 is 0 Å². The van der Waals surface area contributed by atoms with Crippen LogP contribution in [0.1, 0.15) is 24.0 Å². The minimum atomic E-state index is -0.161. The number of nitriles is 1. The summed E-state index contributed by atoms with van der Waals surface area (Å²) in [6.07, 6.45) is 1.03. The highest BCUT2D eigenvalue weighted by Gasteiger charge is 2.06. The Hall–Kier alpha value is -1.33. The first-order valence-electron chi connectivity index (χ1n) is 4.50. The lowest BCUT2D eigenvalue weighted by Gasteiger charge is -2.06. The van der Waals surface area contributed by atoms with Crippen LogP contribution in [0.4, 0.5) is 0 Å². The quantitative estimate of drug-likeness (QED) is 0.759. The summed E-state index contributed by atoms with van der Waals surface area (Å²) >= 11 is 0.